The van der Waals surface area contributed by atoms with Crippen molar-refractivity contribution in [3.63, 3.8) is 0 Å². The van der Waals surface area contributed by atoms with Gasteiger partial charge in [-0.05, 0) is 55.0 Å². The number of rotatable bonds is 3. The van der Waals surface area contributed by atoms with E-state index in [1.54, 1.807) is 27.4 Å². The maximum atomic E-state index is 13.0. The van der Waals surface area contributed by atoms with Crippen molar-refractivity contribution in [2.45, 2.75) is 31.1 Å². The van der Waals surface area contributed by atoms with Gasteiger partial charge in [0.1, 0.15) is 0 Å². The molecule has 1 saturated heterocycles. The molecule has 2 aliphatic rings. The third kappa shape index (κ3) is 3.39. The largest absolute Gasteiger partial charge is 0.308 e. The average Bonchev–Trinajstić information content (AvgIpc) is 3.11. The molecule has 0 N–H and O–H groups in total. The number of nitrogens with zero attached hydrogens (tertiary/aromatic N) is 2. The Morgan fingerprint density at radius 3 is 2.70 bits per heavy atom. The van der Waals surface area contributed by atoms with Gasteiger partial charge in [0.05, 0.1) is 4.90 Å². The van der Waals surface area contributed by atoms with E-state index in [0.29, 0.717) is 31.1 Å². The molecule has 1 atom stereocenters. The molecule has 0 radical (unpaired) electrons. The van der Waals surface area contributed by atoms with Gasteiger partial charge in [0.2, 0.25) is 10.0 Å². The number of hydrogen-bond donors (Lipinski definition) is 0. The zero-order valence-electron chi connectivity index (χ0n) is 15.5. The number of carbonyl (C=O) groups excluding carboxylic acids is 1. The molecule has 1 amide bonds. The van der Waals surface area contributed by atoms with Gasteiger partial charge in [-0.1, -0.05) is 31.2 Å². The lowest BCUT2D eigenvalue weighted by Crippen LogP contribution is -2.39. The highest BCUT2D eigenvalue weighted by molar-refractivity contribution is 7.89. The van der Waals surface area contributed by atoms with Crippen molar-refractivity contribution < 1.29 is 13.2 Å². The Kier molecular flexibility index (Phi) is 4.78. The topological polar surface area (TPSA) is 57.7 Å². The minimum Gasteiger partial charge on any atom is -0.308 e. The second-order valence-corrected chi connectivity index (χ2v) is 9.41. The normalized spacial score (nSPS) is 20.5. The molecule has 0 bridgehead atoms. The lowest BCUT2D eigenvalue weighted by atomic mass is 10.0. The van der Waals surface area contributed by atoms with Crippen LogP contribution in [0.15, 0.2) is 53.4 Å². The van der Waals surface area contributed by atoms with Gasteiger partial charge in [-0.2, -0.15) is 4.31 Å². The van der Waals surface area contributed by atoms with Gasteiger partial charge >= 0.3 is 0 Å². The van der Waals surface area contributed by atoms with Crippen molar-refractivity contribution in [3.8, 4) is 0 Å². The summed E-state index contributed by atoms with van der Waals surface area (Å²) < 4.78 is 27.6. The van der Waals surface area contributed by atoms with E-state index >= 15 is 0 Å². The van der Waals surface area contributed by atoms with Crippen LogP contribution in [0.1, 0.15) is 35.7 Å². The summed E-state index contributed by atoms with van der Waals surface area (Å²) in [6.07, 6.45) is 2.76. The molecule has 0 saturated carbocycles. The van der Waals surface area contributed by atoms with Crippen LogP contribution in [-0.2, 0) is 16.4 Å². The number of hydrogen-bond acceptors (Lipinski definition) is 3. The van der Waals surface area contributed by atoms with Crippen molar-refractivity contribution in [3.05, 3.63) is 59.7 Å². The minimum atomic E-state index is -3.57. The van der Waals surface area contributed by atoms with Crippen LogP contribution in [0.2, 0.25) is 0 Å². The van der Waals surface area contributed by atoms with Gasteiger partial charge in [-0.3, -0.25) is 4.79 Å². The molecule has 2 heterocycles. The van der Waals surface area contributed by atoms with Crippen molar-refractivity contribution >= 4 is 21.6 Å². The molecule has 2 aromatic rings. The molecule has 5 nitrogen and oxygen atoms in total. The number of amides is 1. The number of para-hydroxylation sites is 1. The van der Waals surface area contributed by atoms with E-state index in [-0.39, 0.29) is 10.8 Å². The summed E-state index contributed by atoms with van der Waals surface area (Å²) in [5, 5.41) is 0. The maximum Gasteiger partial charge on any atom is 0.258 e. The second kappa shape index (κ2) is 7.09. The van der Waals surface area contributed by atoms with Gasteiger partial charge in [0.15, 0.2) is 0 Å². The van der Waals surface area contributed by atoms with Gasteiger partial charge in [-0.15, -0.1) is 0 Å². The average molecular weight is 385 g/mol. The summed E-state index contributed by atoms with van der Waals surface area (Å²) in [5.74, 6) is 0.212. The van der Waals surface area contributed by atoms with Crippen molar-refractivity contribution in [2.75, 3.05) is 24.5 Å². The summed E-state index contributed by atoms with van der Waals surface area (Å²) in [5.41, 5.74) is 2.48. The standard InChI is InChI=1S/C21H24N2O3S/c1-16-6-5-12-22(15-16)27(25,26)19-9-4-8-18(14-19)21(24)23-13-11-17-7-2-3-10-20(17)23/h2-4,7-10,14,16H,5-6,11-13,15H2,1H3. The van der Waals surface area contributed by atoms with Crippen molar-refractivity contribution in [1.29, 1.82) is 0 Å². The highest BCUT2D eigenvalue weighted by Crippen LogP contribution is 2.30. The molecule has 4 rings (SSSR count). The quantitative estimate of drug-likeness (QED) is 0.816. The Balaban J connectivity index is 1.62. The van der Waals surface area contributed by atoms with E-state index in [9.17, 15) is 13.2 Å². The number of sulfonamides is 1. The number of carbonyl (C=O) groups is 1. The van der Waals surface area contributed by atoms with Gasteiger partial charge in [0.25, 0.3) is 5.91 Å². The van der Waals surface area contributed by atoms with E-state index in [1.165, 1.54) is 6.07 Å². The summed E-state index contributed by atoms with van der Waals surface area (Å²) in [6.45, 7) is 3.79. The molecule has 1 fully saturated rings. The molecule has 2 aliphatic heterocycles. The van der Waals surface area contributed by atoms with Crippen LogP contribution in [0, 0.1) is 5.92 Å². The van der Waals surface area contributed by atoms with Crippen LogP contribution in [0.25, 0.3) is 0 Å². The van der Waals surface area contributed by atoms with E-state index in [2.05, 4.69) is 6.92 Å². The van der Waals surface area contributed by atoms with Crippen LogP contribution in [-0.4, -0.2) is 38.3 Å². The van der Waals surface area contributed by atoms with Crippen LogP contribution >= 0.6 is 0 Å². The summed E-state index contributed by atoms with van der Waals surface area (Å²) in [6, 6.07) is 14.3. The van der Waals surface area contributed by atoms with Crippen molar-refractivity contribution in [1.82, 2.24) is 4.31 Å². The number of fused-ring (bicyclic) bond motifs is 1. The zero-order chi connectivity index (χ0) is 19.0. The molecular formula is C21H24N2O3S. The third-order valence-electron chi connectivity index (χ3n) is 5.47. The van der Waals surface area contributed by atoms with Crippen LogP contribution in [0.3, 0.4) is 0 Å². The zero-order valence-corrected chi connectivity index (χ0v) is 16.3. The summed E-state index contributed by atoms with van der Waals surface area (Å²) in [7, 11) is -3.57. The molecule has 2 aromatic carbocycles. The Morgan fingerprint density at radius 1 is 1.07 bits per heavy atom. The second-order valence-electron chi connectivity index (χ2n) is 7.47. The lowest BCUT2D eigenvalue weighted by molar-refractivity contribution is 0.0989. The Hall–Kier alpha value is -2.18. The highest BCUT2D eigenvalue weighted by Gasteiger charge is 2.30. The monoisotopic (exact) mass is 384 g/mol. The molecule has 0 aromatic heterocycles. The highest BCUT2D eigenvalue weighted by atomic mass is 32.2. The smallest absolute Gasteiger partial charge is 0.258 e. The number of anilines is 1. The lowest BCUT2D eigenvalue weighted by Gasteiger charge is -2.30. The third-order valence-corrected chi connectivity index (χ3v) is 7.33. The first kappa shape index (κ1) is 18.2. The van der Waals surface area contributed by atoms with E-state index in [0.717, 1.165) is 30.5 Å². The predicted molar refractivity (Wildman–Crippen MR) is 105 cm³/mol. The molecule has 142 valence electrons. The van der Waals surface area contributed by atoms with Gasteiger partial charge in [-0.25, -0.2) is 8.42 Å². The fourth-order valence-electron chi connectivity index (χ4n) is 4.01. The molecular weight excluding hydrogens is 360 g/mol. The van der Waals surface area contributed by atoms with E-state index in [4.69, 9.17) is 0 Å². The SMILES string of the molecule is CC1CCCN(S(=O)(=O)c2cccc(C(=O)N3CCc4ccccc43)c2)C1. The summed E-state index contributed by atoms with van der Waals surface area (Å²) in [4.78, 5) is 15.0. The first-order chi connectivity index (χ1) is 13.0. The molecule has 1 unspecified atom stereocenters. The van der Waals surface area contributed by atoms with E-state index < -0.39 is 10.0 Å². The maximum absolute atomic E-state index is 13.0. The fraction of sp³-hybridized carbons (Fsp3) is 0.381. The molecule has 0 spiro atoms. The Morgan fingerprint density at radius 2 is 1.89 bits per heavy atom. The first-order valence-corrected chi connectivity index (χ1v) is 10.9. The van der Waals surface area contributed by atoms with Crippen LogP contribution in [0.5, 0.6) is 0 Å². The molecule has 27 heavy (non-hydrogen) atoms. The molecule has 6 heteroatoms. The number of benzene rings is 2. The first-order valence-electron chi connectivity index (χ1n) is 9.47. The Labute approximate surface area is 160 Å². The predicted octanol–water partition coefficient (Wildman–Crippen LogP) is 3.31. The fourth-order valence-corrected chi connectivity index (χ4v) is 5.65. The molecule has 0 aliphatic carbocycles. The van der Waals surface area contributed by atoms with Crippen molar-refractivity contribution in [2.24, 2.45) is 5.92 Å². The van der Waals surface area contributed by atoms with Crippen LogP contribution in [0.4, 0.5) is 5.69 Å². The van der Waals surface area contributed by atoms with Gasteiger partial charge in [0, 0.05) is 30.9 Å². The minimum absolute atomic E-state index is 0.149. The van der Waals surface area contributed by atoms with Gasteiger partial charge < -0.3 is 4.90 Å². The Bertz CT molecular complexity index is 971. The number of piperidine rings is 1. The van der Waals surface area contributed by atoms with E-state index in [1.807, 2.05) is 24.3 Å². The van der Waals surface area contributed by atoms with Crippen LogP contribution < -0.4 is 4.90 Å². The summed E-state index contributed by atoms with van der Waals surface area (Å²) >= 11 is 0.